The Morgan fingerprint density at radius 2 is 2.00 bits per heavy atom. The molecular formula is C13H11N3O4S. The van der Waals surface area contributed by atoms with Crippen LogP contribution in [0, 0.1) is 11.8 Å². The summed E-state index contributed by atoms with van der Waals surface area (Å²) in [5, 5.41) is 14.4. The van der Waals surface area contributed by atoms with Crippen LogP contribution < -0.4 is 10.3 Å². The maximum absolute atomic E-state index is 12.3. The minimum atomic E-state index is -3.91. The largest absolute Gasteiger partial charge is 0.384 e. The van der Waals surface area contributed by atoms with Crippen molar-refractivity contribution in [2.45, 2.75) is 4.90 Å². The molecule has 0 aliphatic rings. The number of nitrogens with one attached hydrogen (secondary N) is 2. The highest BCUT2D eigenvalue weighted by atomic mass is 32.2. The van der Waals surface area contributed by atoms with Gasteiger partial charge in [-0.05, 0) is 18.2 Å². The van der Waals surface area contributed by atoms with Crippen LogP contribution in [0.2, 0.25) is 0 Å². The molecule has 0 radical (unpaired) electrons. The predicted octanol–water partition coefficient (Wildman–Crippen LogP) is -0.0855. The van der Waals surface area contributed by atoms with Crippen LogP contribution in [0.5, 0.6) is 0 Å². The number of hydrogen-bond donors (Lipinski definition) is 3. The van der Waals surface area contributed by atoms with Gasteiger partial charge in [-0.15, -0.1) is 0 Å². The molecule has 108 valence electrons. The molecule has 0 amide bonds. The Bertz CT molecular complexity index is 842. The molecule has 2 aromatic rings. The number of rotatable bonds is 3. The highest BCUT2D eigenvalue weighted by Crippen LogP contribution is 2.17. The average molecular weight is 305 g/mol. The second-order valence-electron chi connectivity index (χ2n) is 3.87. The normalized spacial score (nSPS) is 10.5. The number of nitrogens with zero attached hydrogens (tertiary/aromatic N) is 1. The van der Waals surface area contributed by atoms with Crippen molar-refractivity contribution in [2.24, 2.45) is 0 Å². The van der Waals surface area contributed by atoms with E-state index in [4.69, 9.17) is 5.11 Å². The van der Waals surface area contributed by atoms with E-state index >= 15 is 0 Å². The Kier molecular flexibility index (Phi) is 4.37. The first-order valence-electron chi connectivity index (χ1n) is 5.80. The third-order valence-corrected chi connectivity index (χ3v) is 3.81. The zero-order chi connectivity index (χ0) is 15.3. The van der Waals surface area contributed by atoms with Gasteiger partial charge in [0.2, 0.25) is 0 Å². The number of benzene rings is 1. The number of aromatic nitrogens is 2. The van der Waals surface area contributed by atoms with E-state index in [9.17, 15) is 13.2 Å². The number of aliphatic hydroxyl groups is 1. The summed E-state index contributed by atoms with van der Waals surface area (Å²) in [6.45, 7) is -0.372. The van der Waals surface area contributed by atoms with Crippen molar-refractivity contribution in [1.82, 2.24) is 10.2 Å². The quantitative estimate of drug-likeness (QED) is 0.686. The van der Waals surface area contributed by atoms with Gasteiger partial charge < -0.3 is 5.11 Å². The van der Waals surface area contributed by atoms with Crippen LogP contribution in [0.15, 0.2) is 46.1 Å². The molecule has 0 unspecified atom stereocenters. The predicted molar refractivity (Wildman–Crippen MR) is 76.1 cm³/mol. The van der Waals surface area contributed by atoms with E-state index < -0.39 is 15.6 Å². The van der Waals surface area contributed by atoms with Crippen molar-refractivity contribution in [3.05, 3.63) is 52.3 Å². The summed E-state index contributed by atoms with van der Waals surface area (Å²) < 4.78 is 26.8. The van der Waals surface area contributed by atoms with Crippen LogP contribution in [0.25, 0.3) is 0 Å². The molecule has 0 aliphatic heterocycles. The number of hydrogen-bond acceptors (Lipinski definition) is 5. The Hall–Kier alpha value is -2.63. The molecular weight excluding hydrogens is 294 g/mol. The van der Waals surface area contributed by atoms with Crippen molar-refractivity contribution >= 4 is 15.8 Å². The van der Waals surface area contributed by atoms with E-state index in [2.05, 4.69) is 26.8 Å². The van der Waals surface area contributed by atoms with Gasteiger partial charge in [0.15, 0.2) is 5.82 Å². The van der Waals surface area contributed by atoms with Gasteiger partial charge in [-0.3, -0.25) is 9.52 Å². The molecule has 21 heavy (non-hydrogen) atoms. The molecule has 0 saturated heterocycles. The molecule has 0 fully saturated rings. The van der Waals surface area contributed by atoms with Crippen LogP contribution in [0.4, 0.5) is 5.82 Å². The number of aromatic amines is 1. The summed E-state index contributed by atoms with van der Waals surface area (Å²) in [7, 11) is -3.91. The fourth-order valence-corrected chi connectivity index (χ4v) is 2.70. The van der Waals surface area contributed by atoms with Gasteiger partial charge in [0.25, 0.3) is 15.6 Å². The Balaban J connectivity index is 2.40. The average Bonchev–Trinajstić information content (AvgIpc) is 2.47. The van der Waals surface area contributed by atoms with Crippen LogP contribution in [-0.2, 0) is 10.0 Å². The van der Waals surface area contributed by atoms with Crippen molar-refractivity contribution in [1.29, 1.82) is 0 Å². The first-order valence-corrected chi connectivity index (χ1v) is 7.28. The molecule has 0 aliphatic carbocycles. The Morgan fingerprint density at radius 3 is 2.67 bits per heavy atom. The third kappa shape index (κ3) is 3.68. The summed E-state index contributed by atoms with van der Waals surface area (Å²) in [6, 6.07) is 8.51. The number of aliphatic hydroxyl groups excluding tert-OH is 1. The van der Waals surface area contributed by atoms with Gasteiger partial charge in [-0.1, -0.05) is 24.0 Å². The highest BCUT2D eigenvalue weighted by Gasteiger charge is 2.18. The van der Waals surface area contributed by atoms with Crippen LogP contribution in [-0.4, -0.2) is 30.3 Å². The lowest BCUT2D eigenvalue weighted by molar-refractivity contribution is 0.350. The molecule has 1 aromatic carbocycles. The number of sulfonamides is 1. The van der Waals surface area contributed by atoms with E-state index in [1.165, 1.54) is 18.2 Å². The van der Waals surface area contributed by atoms with Crippen LogP contribution in [0.1, 0.15) is 5.56 Å². The van der Waals surface area contributed by atoms with Crippen molar-refractivity contribution in [3.8, 4) is 11.8 Å². The Labute approximate surface area is 120 Å². The summed E-state index contributed by atoms with van der Waals surface area (Å²) in [4.78, 5) is 10.8. The van der Waals surface area contributed by atoms with Gasteiger partial charge in [0.05, 0.1) is 0 Å². The molecule has 3 N–H and O–H groups in total. The third-order valence-electron chi connectivity index (χ3n) is 2.40. The van der Waals surface area contributed by atoms with Gasteiger partial charge >= 0.3 is 0 Å². The SMILES string of the molecule is O=c1ccc(NS(=O)(=O)c2ccccc2C#CCO)n[nH]1. The summed E-state index contributed by atoms with van der Waals surface area (Å²) in [6.07, 6.45) is 0. The minimum absolute atomic E-state index is 0.0143. The summed E-state index contributed by atoms with van der Waals surface area (Å²) >= 11 is 0. The summed E-state index contributed by atoms with van der Waals surface area (Å²) in [5.74, 6) is 4.95. The number of H-pyrrole nitrogens is 1. The van der Waals surface area contributed by atoms with E-state index in [-0.39, 0.29) is 22.9 Å². The fraction of sp³-hybridized carbons (Fsp3) is 0.0769. The molecule has 8 heteroatoms. The first-order chi connectivity index (χ1) is 10.0. The van der Waals surface area contributed by atoms with Gasteiger partial charge in [-0.2, -0.15) is 5.10 Å². The van der Waals surface area contributed by atoms with Crippen molar-refractivity contribution in [3.63, 3.8) is 0 Å². The topological polar surface area (TPSA) is 112 Å². The molecule has 2 rings (SSSR count). The van der Waals surface area contributed by atoms with E-state index in [0.717, 1.165) is 6.07 Å². The smallest absolute Gasteiger partial charge is 0.264 e. The minimum Gasteiger partial charge on any atom is -0.384 e. The zero-order valence-corrected chi connectivity index (χ0v) is 11.5. The van der Waals surface area contributed by atoms with Crippen molar-refractivity contribution < 1.29 is 13.5 Å². The second kappa shape index (κ2) is 6.21. The second-order valence-corrected chi connectivity index (χ2v) is 5.52. The number of anilines is 1. The molecule has 0 atom stereocenters. The lowest BCUT2D eigenvalue weighted by Crippen LogP contribution is -2.17. The van der Waals surface area contributed by atoms with Crippen LogP contribution >= 0.6 is 0 Å². The van der Waals surface area contributed by atoms with Crippen LogP contribution in [0.3, 0.4) is 0 Å². The molecule has 0 spiro atoms. The monoisotopic (exact) mass is 305 g/mol. The fourth-order valence-electron chi connectivity index (χ4n) is 1.53. The molecule has 7 nitrogen and oxygen atoms in total. The molecule has 1 aromatic heterocycles. The van der Waals surface area contributed by atoms with Crippen molar-refractivity contribution in [2.75, 3.05) is 11.3 Å². The standard InChI is InChI=1S/C13H11N3O4S/c17-9-3-5-10-4-1-2-6-11(10)21(19,20)16-12-7-8-13(18)15-14-12/h1-2,4,6-8,17H,9H2,(H,14,16)(H,15,18). The Morgan fingerprint density at radius 1 is 1.24 bits per heavy atom. The zero-order valence-electron chi connectivity index (χ0n) is 10.7. The maximum Gasteiger partial charge on any atom is 0.264 e. The molecule has 1 heterocycles. The molecule has 0 saturated carbocycles. The first kappa shape index (κ1) is 14.8. The molecule has 0 bridgehead atoms. The lowest BCUT2D eigenvalue weighted by Gasteiger charge is -2.08. The lowest BCUT2D eigenvalue weighted by atomic mass is 10.2. The maximum atomic E-state index is 12.3. The van der Waals surface area contributed by atoms with Gasteiger partial charge in [0, 0.05) is 11.6 Å². The van der Waals surface area contributed by atoms with Gasteiger partial charge in [0.1, 0.15) is 11.5 Å². The van der Waals surface area contributed by atoms with E-state index in [1.807, 2.05) is 0 Å². The van der Waals surface area contributed by atoms with E-state index in [0.29, 0.717) is 0 Å². The highest BCUT2D eigenvalue weighted by molar-refractivity contribution is 7.92. The van der Waals surface area contributed by atoms with E-state index in [1.54, 1.807) is 12.1 Å². The summed E-state index contributed by atoms with van der Waals surface area (Å²) in [5.41, 5.74) is -0.185. The van der Waals surface area contributed by atoms with Gasteiger partial charge in [-0.25, -0.2) is 13.5 Å².